The lowest BCUT2D eigenvalue weighted by Gasteiger charge is -2.26. The Bertz CT molecular complexity index is 1450. The highest BCUT2D eigenvalue weighted by Crippen LogP contribution is 2.41. The lowest BCUT2D eigenvalue weighted by molar-refractivity contribution is -0.120. The van der Waals surface area contributed by atoms with Gasteiger partial charge in [-0.2, -0.15) is 0 Å². The van der Waals surface area contributed by atoms with E-state index in [1.807, 2.05) is 60.7 Å². The number of allylic oxidation sites excluding steroid dienone is 2. The van der Waals surface area contributed by atoms with Crippen LogP contribution in [0, 0.1) is 0 Å². The zero-order chi connectivity index (χ0) is 28.1. The molecule has 8 heteroatoms. The van der Waals surface area contributed by atoms with Crippen LogP contribution in [0.3, 0.4) is 0 Å². The van der Waals surface area contributed by atoms with Crippen LogP contribution < -0.4 is 29.6 Å². The minimum atomic E-state index is -0.255. The van der Waals surface area contributed by atoms with Crippen LogP contribution in [0.4, 0.5) is 0 Å². The first-order valence-electron chi connectivity index (χ1n) is 13.1. The van der Waals surface area contributed by atoms with Crippen molar-refractivity contribution in [1.82, 2.24) is 10.6 Å². The van der Waals surface area contributed by atoms with Gasteiger partial charge < -0.3 is 29.6 Å². The van der Waals surface area contributed by atoms with Crippen molar-refractivity contribution in [1.29, 1.82) is 0 Å². The molecule has 0 saturated heterocycles. The summed E-state index contributed by atoms with van der Waals surface area (Å²) in [5.41, 5.74) is 4.36. The second-order valence-electron chi connectivity index (χ2n) is 9.52. The first kappa shape index (κ1) is 26.9. The summed E-state index contributed by atoms with van der Waals surface area (Å²) in [7, 11) is 4.71. The van der Waals surface area contributed by atoms with Gasteiger partial charge in [-0.25, -0.2) is 0 Å². The Balaban J connectivity index is 1.35. The van der Waals surface area contributed by atoms with E-state index in [9.17, 15) is 9.59 Å². The van der Waals surface area contributed by atoms with Crippen LogP contribution in [0.25, 0.3) is 5.57 Å². The van der Waals surface area contributed by atoms with Crippen molar-refractivity contribution in [2.24, 2.45) is 0 Å². The molecule has 2 aliphatic rings. The maximum Gasteiger partial charge on any atom is 0.225 e. The Morgan fingerprint density at radius 2 is 1.70 bits per heavy atom. The van der Waals surface area contributed by atoms with Gasteiger partial charge in [0, 0.05) is 24.8 Å². The fraction of sp³-hybridized carbons (Fsp3) is 0.250. The average molecular weight is 541 g/mol. The highest BCUT2D eigenvalue weighted by molar-refractivity contribution is 5.98. The van der Waals surface area contributed by atoms with Gasteiger partial charge >= 0.3 is 0 Å². The van der Waals surface area contributed by atoms with Crippen LogP contribution in [0.15, 0.2) is 78.6 Å². The third-order valence-electron chi connectivity index (χ3n) is 6.98. The molecule has 0 aromatic heterocycles. The molecule has 3 aromatic carbocycles. The monoisotopic (exact) mass is 540 g/mol. The van der Waals surface area contributed by atoms with Crippen LogP contribution in [0.1, 0.15) is 45.9 Å². The smallest absolute Gasteiger partial charge is 0.225 e. The number of hydrogen-bond acceptors (Lipinski definition) is 7. The summed E-state index contributed by atoms with van der Waals surface area (Å²) in [5.74, 6) is 2.60. The molecular formula is C32H32N2O6. The molecular weight excluding hydrogens is 508 g/mol. The fourth-order valence-corrected chi connectivity index (χ4v) is 4.92. The summed E-state index contributed by atoms with van der Waals surface area (Å²) in [6, 6.07) is 18.9. The summed E-state index contributed by atoms with van der Waals surface area (Å²) in [5, 5.41) is 6.35. The first-order chi connectivity index (χ1) is 19.5. The Morgan fingerprint density at radius 3 is 2.40 bits per heavy atom. The number of Topliss-reactive ketones (excluding diaryl/α,β-unsaturated/α-hetero) is 1. The van der Waals surface area contributed by atoms with E-state index in [-0.39, 0.29) is 30.6 Å². The second kappa shape index (κ2) is 12.0. The largest absolute Gasteiger partial charge is 0.493 e. The number of benzene rings is 3. The summed E-state index contributed by atoms with van der Waals surface area (Å²) in [6.07, 6.45) is 4.90. The molecule has 0 saturated carbocycles. The Labute approximate surface area is 233 Å². The van der Waals surface area contributed by atoms with Crippen molar-refractivity contribution in [2.75, 3.05) is 27.9 Å². The molecule has 1 amide bonds. The molecule has 5 rings (SSSR count). The number of nitrogens with one attached hydrogen (secondary N) is 2. The zero-order valence-electron chi connectivity index (χ0n) is 22.8. The third kappa shape index (κ3) is 5.81. The van der Waals surface area contributed by atoms with Crippen molar-refractivity contribution in [3.63, 3.8) is 0 Å². The van der Waals surface area contributed by atoms with Gasteiger partial charge in [0.2, 0.25) is 11.7 Å². The molecule has 3 aromatic rings. The van der Waals surface area contributed by atoms with E-state index in [2.05, 4.69) is 16.7 Å². The predicted molar refractivity (Wildman–Crippen MR) is 152 cm³/mol. The van der Waals surface area contributed by atoms with E-state index in [1.165, 1.54) is 0 Å². The zero-order valence-corrected chi connectivity index (χ0v) is 22.8. The molecule has 0 fully saturated rings. The quantitative estimate of drug-likeness (QED) is 0.350. The molecule has 0 spiro atoms. The number of ketones is 1. The lowest BCUT2D eigenvalue weighted by Crippen LogP contribution is -2.35. The number of amides is 1. The summed E-state index contributed by atoms with van der Waals surface area (Å²) in [6.45, 7) is 0.633. The maximum atomic E-state index is 13.0. The minimum Gasteiger partial charge on any atom is -0.493 e. The molecule has 206 valence electrons. The van der Waals surface area contributed by atoms with Crippen LogP contribution in [-0.2, 0) is 11.2 Å². The van der Waals surface area contributed by atoms with E-state index in [1.54, 1.807) is 27.4 Å². The minimum absolute atomic E-state index is 0.0602. The lowest BCUT2D eigenvalue weighted by atomic mass is 9.95. The Kier molecular flexibility index (Phi) is 8.05. The molecule has 1 atom stereocenters. The van der Waals surface area contributed by atoms with E-state index in [0.717, 1.165) is 34.4 Å². The summed E-state index contributed by atoms with van der Waals surface area (Å²) >= 11 is 0. The number of carbonyl (C=O) groups is 2. The van der Waals surface area contributed by atoms with E-state index in [4.69, 9.17) is 18.9 Å². The van der Waals surface area contributed by atoms with Gasteiger partial charge in [-0.05, 0) is 64.7 Å². The van der Waals surface area contributed by atoms with Crippen LogP contribution >= 0.6 is 0 Å². The van der Waals surface area contributed by atoms with Crippen molar-refractivity contribution < 1.29 is 28.5 Å². The number of carbonyl (C=O) groups excluding carboxylic acids is 2. The van der Waals surface area contributed by atoms with Gasteiger partial charge in [0.05, 0.1) is 34.0 Å². The van der Waals surface area contributed by atoms with E-state index < -0.39 is 0 Å². The maximum absolute atomic E-state index is 13.0. The molecule has 2 heterocycles. The average Bonchev–Trinajstić information content (AvgIpc) is 3.47. The molecule has 0 radical (unpaired) electrons. The highest BCUT2D eigenvalue weighted by atomic mass is 16.5. The fourth-order valence-electron chi connectivity index (χ4n) is 4.92. The molecule has 40 heavy (non-hydrogen) atoms. The highest BCUT2D eigenvalue weighted by Gasteiger charge is 2.22. The van der Waals surface area contributed by atoms with Gasteiger partial charge in [0.25, 0.3) is 0 Å². The van der Waals surface area contributed by atoms with E-state index >= 15 is 0 Å². The van der Waals surface area contributed by atoms with Crippen LogP contribution in [0.5, 0.6) is 23.0 Å². The SMILES string of the molecule is COc1cc(C2=CC(c3ccccc3)NC(NC(=O)CCC(=O)c3ccc4c(c3)CCO4)=C2)cc(OC)c1OC. The molecule has 2 N–H and O–H groups in total. The number of rotatable bonds is 10. The van der Waals surface area contributed by atoms with Crippen LogP contribution in [0.2, 0.25) is 0 Å². The third-order valence-corrected chi connectivity index (χ3v) is 6.98. The normalized spacial score (nSPS) is 15.5. The summed E-state index contributed by atoms with van der Waals surface area (Å²) < 4.78 is 22.1. The Hall–Kier alpha value is -4.72. The van der Waals surface area contributed by atoms with Crippen molar-refractivity contribution >= 4 is 17.3 Å². The van der Waals surface area contributed by atoms with Gasteiger partial charge in [-0.15, -0.1) is 0 Å². The Morgan fingerprint density at radius 1 is 0.950 bits per heavy atom. The van der Waals surface area contributed by atoms with Gasteiger partial charge in [-0.1, -0.05) is 30.3 Å². The second-order valence-corrected chi connectivity index (χ2v) is 9.52. The van der Waals surface area contributed by atoms with Crippen molar-refractivity contribution in [3.05, 3.63) is 101 Å². The predicted octanol–water partition coefficient (Wildman–Crippen LogP) is 5.00. The number of methoxy groups -OCH3 is 3. The molecule has 2 aliphatic heterocycles. The summed E-state index contributed by atoms with van der Waals surface area (Å²) in [4.78, 5) is 25.8. The van der Waals surface area contributed by atoms with Gasteiger partial charge in [0.1, 0.15) is 11.6 Å². The topological polar surface area (TPSA) is 95.1 Å². The van der Waals surface area contributed by atoms with Crippen molar-refractivity contribution in [3.8, 4) is 23.0 Å². The number of hydrogen-bond donors (Lipinski definition) is 2. The molecule has 0 aliphatic carbocycles. The number of dihydropyridines is 1. The van der Waals surface area contributed by atoms with Crippen molar-refractivity contribution in [2.45, 2.75) is 25.3 Å². The first-order valence-corrected chi connectivity index (χ1v) is 13.1. The number of ether oxygens (including phenoxy) is 4. The molecule has 1 unspecified atom stereocenters. The molecule has 0 bridgehead atoms. The van der Waals surface area contributed by atoms with Crippen LogP contribution in [-0.4, -0.2) is 39.6 Å². The van der Waals surface area contributed by atoms with E-state index in [0.29, 0.717) is 35.2 Å². The van der Waals surface area contributed by atoms with Gasteiger partial charge in [-0.3, -0.25) is 9.59 Å². The standard InChI is InChI=1S/C32H32N2O6/c1-37-28-17-24(18-29(38-2)32(28)39-3)23-16-25(20-7-5-4-6-8-20)33-30(19-23)34-31(36)12-10-26(35)21-9-11-27-22(15-21)13-14-40-27/h4-9,11,15-19,25,33H,10,12-14H2,1-3H3,(H,34,36). The molecule has 8 nitrogen and oxygen atoms in total. The van der Waals surface area contributed by atoms with Gasteiger partial charge in [0.15, 0.2) is 17.3 Å². The number of fused-ring (bicyclic) bond motifs is 1.